The Morgan fingerprint density at radius 2 is 0.724 bits per heavy atom. The summed E-state index contributed by atoms with van der Waals surface area (Å²) in [5.74, 6) is 0. The average molecular weight is 735 g/mol. The predicted molar refractivity (Wildman–Crippen MR) is 246 cm³/mol. The van der Waals surface area contributed by atoms with Gasteiger partial charge in [0.25, 0.3) is 0 Å². The van der Waals surface area contributed by atoms with E-state index in [2.05, 4.69) is 182 Å². The van der Waals surface area contributed by atoms with Gasteiger partial charge in [0.1, 0.15) is 0 Å². The summed E-state index contributed by atoms with van der Waals surface area (Å²) in [5.41, 5.74) is 10.1. The van der Waals surface area contributed by atoms with Crippen LogP contribution >= 0.6 is 0 Å². The number of fused-ring (bicyclic) bond motifs is 9. The fourth-order valence-corrected chi connectivity index (χ4v) is 9.41. The van der Waals surface area contributed by atoms with Gasteiger partial charge >= 0.3 is 0 Å². The maximum Gasteiger partial charge on any atom is 0.0718 e. The topological polar surface area (TPSA) is 25.8 Å². The molecule has 0 radical (unpaired) electrons. The Bertz CT molecular complexity index is 3620. The third-order valence-corrected chi connectivity index (χ3v) is 12.1. The third-order valence-electron chi connectivity index (χ3n) is 12.1. The van der Waals surface area contributed by atoms with E-state index >= 15 is 0 Å². The lowest BCUT2D eigenvalue weighted by Gasteiger charge is -2.21. The van der Waals surface area contributed by atoms with E-state index in [9.17, 15) is 0 Å². The Morgan fingerprint density at radius 1 is 0.259 bits per heavy atom. The summed E-state index contributed by atoms with van der Waals surface area (Å²) in [6, 6.07) is 70.9. The van der Waals surface area contributed by atoms with Gasteiger partial charge in [-0.25, -0.2) is 0 Å². The molecule has 2 aromatic heterocycles. The molecule has 268 valence electrons. The number of aromatic nitrogens is 2. The van der Waals surface area contributed by atoms with E-state index in [1.807, 2.05) is 24.5 Å². The molecule has 58 heavy (non-hydrogen) atoms. The van der Waals surface area contributed by atoms with Gasteiger partial charge in [-0.2, -0.15) is 0 Å². The number of benzene rings is 10. The Kier molecular flexibility index (Phi) is 7.26. The zero-order valence-electron chi connectivity index (χ0n) is 31.5. The fraction of sp³-hybridized carbons (Fsp3) is 0. The van der Waals surface area contributed by atoms with Crippen LogP contribution in [0.2, 0.25) is 0 Å². The molecule has 0 N–H and O–H groups in total. The quantitative estimate of drug-likeness (QED) is 0.133. The van der Waals surface area contributed by atoms with Crippen LogP contribution in [0.5, 0.6) is 0 Å². The number of hydrogen-bond acceptors (Lipinski definition) is 2. The van der Waals surface area contributed by atoms with Crippen LogP contribution < -0.4 is 0 Å². The highest BCUT2D eigenvalue weighted by atomic mass is 14.7. The minimum Gasteiger partial charge on any atom is -0.256 e. The van der Waals surface area contributed by atoms with Crippen LogP contribution in [0.25, 0.3) is 120 Å². The zero-order valence-corrected chi connectivity index (χ0v) is 31.5. The fourth-order valence-electron chi connectivity index (χ4n) is 9.41. The number of pyridine rings is 2. The second kappa shape index (κ2) is 12.9. The third kappa shape index (κ3) is 5.05. The monoisotopic (exact) mass is 734 g/mol. The van der Waals surface area contributed by atoms with Crippen LogP contribution in [0, 0.1) is 0 Å². The van der Waals surface area contributed by atoms with Crippen molar-refractivity contribution in [2.24, 2.45) is 0 Å². The van der Waals surface area contributed by atoms with Crippen molar-refractivity contribution in [2.75, 3.05) is 0 Å². The normalized spacial score (nSPS) is 11.8. The van der Waals surface area contributed by atoms with Crippen LogP contribution in [0.1, 0.15) is 0 Å². The summed E-state index contributed by atoms with van der Waals surface area (Å²) in [4.78, 5) is 9.71. The lowest BCUT2D eigenvalue weighted by atomic mass is 9.81. The molecule has 12 aromatic rings. The van der Waals surface area contributed by atoms with Gasteiger partial charge in [-0.1, -0.05) is 158 Å². The number of rotatable bonds is 4. The van der Waals surface area contributed by atoms with Gasteiger partial charge in [0.05, 0.1) is 11.2 Å². The van der Waals surface area contributed by atoms with Gasteiger partial charge in [-0.3, -0.25) is 9.97 Å². The van der Waals surface area contributed by atoms with Crippen molar-refractivity contribution in [3.8, 4) is 44.6 Å². The van der Waals surface area contributed by atoms with Gasteiger partial charge < -0.3 is 0 Å². The molecule has 0 atom stereocenters. The molecule has 0 aliphatic carbocycles. The van der Waals surface area contributed by atoms with Crippen molar-refractivity contribution in [2.45, 2.75) is 0 Å². The summed E-state index contributed by atoms with van der Waals surface area (Å²) < 4.78 is 0. The highest BCUT2D eigenvalue weighted by Crippen LogP contribution is 2.49. The predicted octanol–water partition coefficient (Wildman–Crippen LogP) is 15.2. The molecule has 0 aliphatic heterocycles. The van der Waals surface area contributed by atoms with Crippen molar-refractivity contribution in [1.82, 2.24) is 9.97 Å². The van der Waals surface area contributed by atoms with Crippen LogP contribution in [-0.2, 0) is 0 Å². The minimum atomic E-state index is 0.905. The molecule has 0 amide bonds. The Morgan fingerprint density at radius 3 is 1.33 bits per heavy atom. The van der Waals surface area contributed by atoms with Crippen molar-refractivity contribution in [3.63, 3.8) is 0 Å². The van der Waals surface area contributed by atoms with E-state index in [-0.39, 0.29) is 0 Å². The lowest BCUT2D eigenvalue weighted by molar-refractivity contribution is 1.31. The van der Waals surface area contributed by atoms with Crippen LogP contribution in [0.4, 0.5) is 0 Å². The summed E-state index contributed by atoms with van der Waals surface area (Å²) in [6.45, 7) is 0. The first kappa shape index (κ1) is 32.6. The maximum absolute atomic E-state index is 5.01. The van der Waals surface area contributed by atoms with Gasteiger partial charge in [0, 0.05) is 28.9 Å². The number of para-hydroxylation sites is 1. The number of nitrogens with zero attached hydrogens (tertiary/aromatic N) is 2. The maximum atomic E-state index is 5.01. The molecular formula is C56H34N2. The largest absolute Gasteiger partial charge is 0.256 e. The molecule has 0 spiro atoms. The summed E-state index contributed by atoms with van der Waals surface area (Å²) in [6.07, 6.45) is 3.93. The molecule has 2 heterocycles. The first-order chi connectivity index (χ1) is 28.8. The Hall–Kier alpha value is -7.68. The second-order valence-corrected chi connectivity index (χ2v) is 15.3. The highest BCUT2D eigenvalue weighted by Gasteiger charge is 2.21. The van der Waals surface area contributed by atoms with E-state index in [0.29, 0.717) is 0 Å². The molecule has 10 aromatic carbocycles. The van der Waals surface area contributed by atoms with Crippen molar-refractivity contribution in [3.05, 3.63) is 207 Å². The highest BCUT2D eigenvalue weighted by molar-refractivity contribution is 6.28. The lowest BCUT2D eigenvalue weighted by Crippen LogP contribution is -1.94. The summed E-state index contributed by atoms with van der Waals surface area (Å²) >= 11 is 0. The standard InChI is InChI=1S/C56H34N2/c1-4-16-41-36(13-1)31-50(45-20-8-6-18-43(41)45)55-47-22-10-11-23-48(47)56(51-32-37-14-2-5-17-42(37)44-19-7-9-21-46(44)51)52-30-35(25-27-49(52)55)39-26-28-54(57-33-39)40-29-38-15-3-12-24-53(38)58-34-40/h1-34H. The van der Waals surface area contributed by atoms with Crippen molar-refractivity contribution >= 4 is 75.5 Å². The minimum absolute atomic E-state index is 0.905. The first-order valence-electron chi connectivity index (χ1n) is 19.9. The SMILES string of the molecule is c1ccc2ncc(-c3ccc(-c4ccc5c(-c6cc7ccccc7c7ccccc67)c6ccccc6c(-c6cc7ccccc7c7ccccc67)c5c4)cn3)cc2c1. The first-order valence-corrected chi connectivity index (χ1v) is 19.9. The van der Waals surface area contributed by atoms with E-state index in [0.717, 1.165) is 33.3 Å². The van der Waals surface area contributed by atoms with E-state index in [1.165, 1.54) is 86.9 Å². The van der Waals surface area contributed by atoms with Gasteiger partial charge in [0.2, 0.25) is 0 Å². The average Bonchev–Trinajstić information content (AvgIpc) is 3.30. The molecule has 2 nitrogen and oxygen atoms in total. The van der Waals surface area contributed by atoms with Gasteiger partial charge in [-0.05, 0) is 129 Å². The molecule has 2 heteroatoms. The molecule has 0 bridgehead atoms. The second-order valence-electron chi connectivity index (χ2n) is 15.3. The Balaban J connectivity index is 1.17. The molecule has 0 saturated carbocycles. The summed E-state index contributed by atoms with van der Waals surface area (Å²) in [5, 5.41) is 16.1. The summed E-state index contributed by atoms with van der Waals surface area (Å²) in [7, 11) is 0. The zero-order chi connectivity index (χ0) is 38.2. The number of hydrogen-bond donors (Lipinski definition) is 0. The molecule has 0 saturated heterocycles. The van der Waals surface area contributed by atoms with Crippen LogP contribution in [0.3, 0.4) is 0 Å². The molecule has 0 unspecified atom stereocenters. The van der Waals surface area contributed by atoms with E-state index < -0.39 is 0 Å². The van der Waals surface area contributed by atoms with Crippen LogP contribution in [0.15, 0.2) is 207 Å². The molecule has 12 rings (SSSR count). The van der Waals surface area contributed by atoms with Crippen molar-refractivity contribution in [1.29, 1.82) is 0 Å². The van der Waals surface area contributed by atoms with Crippen molar-refractivity contribution < 1.29 is 0 Å². The molecule has 0 aliphatic rings. The van der Waals surface area contributed by atoms with E-state index in [1.54, 1.807) is 0 Å². The molecular weight excluding hydrogens is 701 g/mol. The molecule has 0 fully saturated rings. The smallest absolute Gasteiger partial charge is 0.0718 e. The van der Waals surface area contributed by atoms with Gasteiger partial charge in [0.15, 0.2) is 0 Å². The van der Waals surface area contributed by atoms with E-state index in [4.69, 9.17) is 9.97 Å². The van der Waals surface area contributed by atoms with Gasteiger partial charge in [-0.15, -0.1) is 0 Å². The van der Waals surface area contributed by atoms with Crippen LogP contribution in [-0.4, -0.2) is 9.97 Å². The Labute approximate surface area is 335 Å².